The van der Waals surface area contributed by atoms with Gasteiger partial charge in [-0.3, -0.25) is 0 Å². The average molecular weight is 442 g/mol. The van der Waals surface area contributed by atoms with E-state index in [2.05, 4.69) is 15.3 Å². The Morgan fingerprint density at radius 1 is 0.931 bits per heavy atom. The first-order chi connectivity index (χ1) is 13.0. The molecule has 158 valence electrons. The van der Waals surface area contributed by atoms with Crippen molar-refractivity contribution < 1.29 is 14.2 Å². The number of aryl methyl sites for hydroxylation is 1. The van der Waals surface area contributed by atoms with Gasteiger partial charge < -0.3 is 31.0 Å². The SMILES string of the molecule is COc1cc(NCc2ccc3nc(N)nc(N)c3c2C)cc(OC)c1OC.Cl.Cl. The van der Waals surface area contributed by atoms with E-state index in [0.717, 1.165) is 27.7 Å². The van der Waals surface area contributed by atoms with E-state index in [1.165, 1.54) is 0 Å². The smallest absolute Gasteiger partial charge is 0.222 e. The fourth-order valence-corrected chi connectivity index (χ4v) is 3.06. The van der Waals surface area contributed by atoms with E-state index in [0.29, 0.717) is 29.6 Å². The van der Waals surface area contributed by atoms with Crippen LogP contribution in [0.1, 0.15) is 11.1 Å². The Morgan fingerprint density at radius 2 is 1.55 bits per heavy atom. The lowest BCUT2D eigenvalue weighted by molar-refractivity contribution is 0.324. The maximum Gasteiger partial charge on any atom is 0.222 e. The van der Waals surface area contributed by atoms with E-state index in [4.69, 9.17) is 25.7 Å². The molecule has 0 aliphatic rings. The molecule has 0 atom stereocenters. The highest BCUT2D eigenvalue weighted by Gasteiger charge is 2.14. The highest BCUT2D eigenvalue weighted by atomic mass is 35.5. The van der Waals surface area contributed by atoms with Crippen LogP contribution in [0.3, 0.4) is 0 Å². The first kappa shape index (κ1) is 24.2. The van der Waals surface area contributed by atoms with Crippen molar-refractivity contribution >= 4 is 53.2 Å². The Kier molecular flexibility index (Phi) is 8.42. The van der Waals surface area contributed by atoms with Gasteiger partial charge in [0.25, 0.3) is 0 Å². The molecule has 1 aromatic heterocycles. The number of aromatic nitrogens is 2. The summed E-state index contributed by atoms with van der Waals surface area (Å²) in [5.41, 5.74) is 15.4. The second-order valence-electron chi connectivity index (χ2n) is 5.98. The summed E-state index contributed by atoms with van der Waals surface area (Å²) in [6, 6.07) is 7.60. The second kappa shape index (κ2) is 10.1. The highest BCUT2D eigenvalue weighted by Crippen LogP contribution is 2.40. The Morgan fingerprint density at radius 3 is 2.10 bits per heavy atom. The Labute approximate surface area is 181 Å². The van der Waals surface area contributed by atoms with E-state index in [1.54, 1.807) is 21.3 Å². The van der Waals surface area contributed by atoms with Crippen molar-refractivity contribution in [2.45, 2.75) is 13.5 Å². The molecule has 0 saturated carbocycles. The molecule has 0 radical (unpaired) electrons. The fraction of sp³-hybridized carbons (Fsp3) is 0.263. The zero-order chi connectivity index (χ0) is 19.6. The second-order valence-corrected chi connectivity index (χ2v) is 5.98. The molecule has 10 heteroatoms. The van der Waals surface area contributed by atoms with Crippen LogP contribution in [0.2, 0.25) is 0 Å². The van der Waals surface area contributed by atoms with Crippen LogP contribution < -0.4 is 31.0 Å². The molecule has 29 heavy (non-hydrogen) atoms. The summed E-state index contributed by atoms with van der Waals surface area (Å²) in [6.07, 6.45) is 0. The molecule has 1 heterocycles. The molecule has 3 rings (SSSR count). The zero-order valence-electron chi connectivity index (χ0n) is 16.6. The minimum Gasteiger partial charge on any atom is -0.493 e. The lowest BCUT2D eigenvalue weighted by Gasteiger charge is -2.16. The largest absolute Gasteiger partial charge is 0.493 e. The van der Waals surface area contributed by atoms with E-state index in [9.17, 15) is 0 Å². The first-order valence-electron chi connectivity index (χ1n) is 8.33. The van der Waals surface area contributed by atoms with Crippen molar-refractivity contribution in [2.24, 2.45) is 0 Å². The number of methoxy groups -OCH3 is 3. The number of halogens is 2. The number of hydrogen-bond donors (Lipinski definition) is 3. The Bertz CT molecular complexity index is 976. The number of nitrogens with one attached hydrogen (secondary N) is 1. The molecular formula is C19H25Cl2N5O3. The lowest BCUT2D eigenvalue weighted by Crippen LogP contribution is -2.06. The molecule has 0 aliphatic heterocycles. The van der Waals surface area contributed by atoms with E-state index in [1.807, 2.05) is 31.2 Å². The molecule has 0 bridgehead atoms. The van der Waals surface area contributed by atoms with Gasteiger partial charge in [0.1, 0.15) is 5.82 Å². The third-order valence-electron chi connectivity index (χ3n) is 4.43. The molecule has 0 aliphatic carbocycles. The van der Waals surface area contributed by atoms with Crippen molar-refractivity contribution in [3.63, 3.8) is 0 Å². The molecular weight excluding hydrogens is 417 g/mol. The fourth-order valence-electron chi connectivity index (χ4n) is 3.06. The van der Waals surface area contributed by atoms with Crippen LogP contribution in [-0.2, 0) is 6.54 Å². The van der Waals surface area contributed by atoms with Crippen LogP contribution in [0.25, 0.3) is 10.9 Å². The number of nitrogens with zero attached hydrogens (tertiary/aromatic N) is 2. The molecule has 0 fully saturated rings. The van der Waals surface area contributed by atoms with Crippen molar-refractivity contribution in [2.75, 3.05) is 38.1 Å². The summed E-state index contributed by atoms with van der Waals surface area (Å²) < 4.78 is 16.1. The number of nitrogen functional groups attached to an aromatic ring is 2. The van der Waals surface area contributed by atoms with Gasteiger partial charge in [-0.05, 0) is 24.1 Å². The van der Waals surface area contributed by atoms with Crippen molar-refractivity contribution in [1.29, 1.82) is 0 Å². The van der Waals surface area contributed by atoms with E-state index >= 15 is 0 Å². The number of ether oxygens (including phenoxy) is 3. The molecule has 0 saturated heterocycles. The number of benzene rings is 2. The minimum absolute atomic E-state index is 0. The number of hydrogen-bond acceptors (Lipinski definition) is 8. The van der Waals surface area contributed by atoms with Crippen LogP contribution in [0, 0.1) is 6.92 Å². The molecule has 0 amide bonds. The Hall–Kier alpha value is -2.84. The average Bonchev–Trinajstić information content (AvgIpc) is 2.65. The van der Waals surface area contributed by atoms with Gasteiger partial charge in [0.05, 0.1) is 26.8 Å². The van der Waals surface area contributed by atoms with Crippen molar-refractivity contribution in [3.05, 3.63) is 35.4 Å². The normalized spacial score (nSPS) is 9.93. The summed E-state index contributed by atoms with van der Waals surface area (Å²) in [6.45, 7) is 2.56. The van der Waals surface area contributed by atoms with Crippen molar-refractivity contribution in [3.8, 4) is 17.2 Å². The van der Waals surface area contributed by atoms with Crippen LogP contribution in [0.4, 0.5) is 17.5 Å². The third-order valence-corrected chi connectivity index (χ3v) is 4.43. The van der Waals surface area contributed by atoms with Gasteiger partial charge in [-0.1, -0.05) is 6.07 Å². The molecule has 3 aromatic rings. The monoisotopic (exact) mass is 441 g/mol. The highest BCUT2D eigenvalue weighted by molar-refractivity contribution is 5.92. The number of anilines is 3. The summed E-state index contributed by atoms with van der Waals surface area (Å²) in [4.78, 5) is 8.30. The number of nitrogens with two attached hydrogens (primary N) is 2. The maximum atomic E-state index is 6.04. The van der Waals surface area contributed by atoms with Gasteiger partial charge in [0.2, 0.25) is 11.7 Å². The standard InChI is InChI=1S/C19H23N5O3.2ClH/c1-10-11(5-6-13-16(10)18(20)24-19(21)23-13)9-22-12-7-14(25-2)17(27-4)15(8-12)26-3;;/h5-8,22H,9H2,1-4H3,(H4,20,21,23,24);2*1H. The maximum absolute atomic E-state index is 6.04. The minimum atomic E-state index is 0. The van der Waals surface area contributed by atoms with Gasteiger partial charge in [-0.15, -0.1) is 24.8 Å². The number of rotatable bonds is 6. The summed E-state index contributed by atoms with van der Waals surface area (Å²) in [7, 11) is 4.75. The molecule has 5 N–H and O–H groups in total. The van der Waals surface area contributed by atoms with E-state index < -0.39 is 0 Å². The lowest BCUT2D eigenvalue weighted by atomic mass is 10.0. The third kappa shape index (κ3) is 4.78. The summed E-state index contributed by atoms with van der Waals surface area (Å²) in [5, 5.41) is 4.19. The van der Waals surface area contributed by atoms with Gasteiger partial charge in [0.15, 0.2) is 11.5 Å². The zero-order valence-corrected chi connectivity index (χ0v) is 18.2. The van der Waals surface area contributed by atoms with E-state index in [-0.39, 0.29) is 30.8 Å². The first-order valence-corrected chi connectivity index (χ1v) is 8.33. The van der Waals surface area contributed by atoms with Crippen molar-refractivity contribution in [1.82, 2.24) is 9.97 Å². The predicted octanol–water partition coefficient (Wildman–Crippen LogP) is 3.58. The Balaban J connectivity index is 0.00000210. The van der Waals surface area contributed by atoms with Gasteiger partial charge in [0, 0.05) is 29.8 Å². The topological polar surface area (TPSA) is 118 Å². The molecule has 8 nitrogen and oxygen atoms in total. The molecule has 2 aromatic carbocycles. The quantitative estimate of drug-likeness (QED) is 0.530. The predicted molar refractivity (Wildman–Crippen MR) is 121 cm³/mol. The van der Waals surface area contributed by atoms with Crippen LogP contribution in [0.15, 0.2) is 24.3 Å². The van der Waals surface area contributed by atoms with Gasteiger partial charge >= 0.3 is 0 Å². The van der Waals surface area contributed by atoms with Crippen LogP contribution in [0.5, 0.6) is 17.2 Å². The van der Waals surface area contributed by atoms with Gasteiger partial charge in [-0.2, -0.15) is 4.98 Å². The summed E-state index contributed by atoms with van der Waals surface area (Å²) in [5.74, 6) is 2.27. The van der Waals surface area contributed by atoms with Crippen LogP contribution >= 0.6 is 24.8 Å². The van der Waals surface area contributed by atoms with Crippen LogP contribution in [-0.4, -0.2) is 31.3 Å². The van der Waals surface area contributed by atoms with Gasteiger partial charge in [-0.25, -0.2) is 4.98 Å². The molecule has 0 spiro atoms. The summed E-state index contributed by atoms with van der Waals surface area (Å²) >= 11 is 0. The number of fused-ring (bicyclic) bond motifs is 1. The molecule has 0 unspecified atom stereocenters.